The van der Waals surface area contributed by atoms with E-state index in [9.17, 15) is 22.8 Å². The summed E-state index contributed by atoms with van der Waals surface area (Å²) in [6.07, 6.45) is -0.692. The summed E-state index contributed by atoms with van der Waals surface area (Å²) in [5.74, 6) is -1.41. The van der Waals surface area contributed by atoms with Gasteiger partial charge in [-0.05, 0) is 39.8 Å². The molecule has 3 amide bonds. The number of aryl methyl sites for hydroxylation is 1. The molecule has 0 aliphatic carbocycles. The quantitative estimate of drug-likeness (QED) is 0.640. The molecule has 0 heterocycles. The number of amides is 3. The van der Waals surface area contributed by atoms with Crippen LogP contribution in [0.2, 0.25) is 0 Å². The lowest BCUT2D eigenvalue weighted by atomic mass is 10.2. The largest absolute Gasteiger partial charge is 0.444 e. The SMILES string of the molecule is Cc1ccc(S(=O)(=O)N(C)CC(=O)NNC(=O)CN(C)C(=O)OC(C)(C)C)cc1. The van der Waals surface area contributed by atoms with Gasteiger partial charge in [-0.3, -0.25) is 20.4 Å². The van der Waals surface area contributed by atoms with Crippen molar-refractivity contribution in [2.45, 2.75) is 38.2 Å². The third-order valence-corrected chi connectivity index (χ3v) is 5.34. The van der Waals surface area contributed by atoms with E-state index >= 15 is 0 Å². The normalized spacial score (nSPS) is 11.7. The van der Waals surface area contributed by atoms with Gasteiger partial charge in [0, 0.05) is 14.1 Å². The standard InChI is InChI=1S/C18H28N4O6S/c1-13-7-9-14(10-8-13)29(26,27)22(6)12-16(24)20-19-15(23)11-21(5)17(25)28-18(2,3)4/h7-10H,11-12H2,1-6H3,(H,19,23)(H,20,24). The highest BCUT2D eigenvalue weighted by molar-refractivity contribution is 7.89. The number of benzene rings is 1. The lowest BCUT2D eigenvalue weighted by Crippen LogP contribution is -2.50. The van der Waals surface area contributed by atoms with Crippen LogP contribution >= 0.6 is 0 Å². The van der Waals surface area contributed by atoms with Gasteiger partial charge in [0.1, 0.15) is 12.1 Å². The fraction of sp³-hybridized carbons (Fsp3) is 0.500. The highest BCUT2D eigenvalue weighted by Gasteiger charge is 2.24. The maximum Gasteiger partial charge on any atom is 0.410 e. The molecule has 0 saturated heterocycles. The van der Waals surface area contributed by atoms with Crippen molar-refractivity contribution in [3.63, 3.8) is 0 Å². The maximum absolute atomic E-state index is 12.5. The Morgan fingerprint density at radius 3 is 1.93 bits per heavy atom. The lowest BCUT2D eigenvalue weighted by Gasteiger charge is -2.24. The van der Waals surface area contributed by atoms with E-state index < -0.39 is 40.1 Å². The second kappa shape index (κ2) is 9.70. The predicted octanol–water partition coefficient (Wildman–Crippen LogP) is 0.630. The topological polar surface area (TPSA) is 125 Å². The van der Waals surface area contributed by atoms with E-state index in [1.165, 1.54) is 26.2 Å². The van der Waals surface area contributed by atoms with E-state index in [-0.39, 0.29) is 11.4 Å². The van der Waals surface area contributed by atoms with Gasteiger partial charge in [0.15, 0.2) is 0 Å². The Morgan fingerprint density at radius 1 is 0.966 bits per heavy atom. The average Bonchev–Trinajstić information content (AvgIpc) is 2.58. The number of carbonyl (C=O) groups is 3. The zero-order valence-electron chi connectivity index (χ0n) is 17.5. The minimum absolute atomic E-state index is 0.0569. The molecule has 10 nitrogen and oxygen atoms in total. The molecule has 0 bridgehead atoms. The van der Waals surface area contributed by atoms with Crippen molar-refractivity contribution in [3.8, 4) is 0 Å². The van der Waals surface area contributed by atoms with E-state index in [1.807, 2.05) is 6.92 Å². The van der Waals surface area contributed by atoms with Crippen molar-refractivity contribution in [1.82, 2.24) is 20.1 Å². The number of rotatable bonds is 6. The second-order valence-corrected chi connectivity index (χ2v) is 9.55. The molecule has 0 radical (unpaired) electrons. The van der Waals surface area contributed by atoms with E-state index in [2.05, 4.69) is 10.9 Å². The highest BCUT2D eigenvalue weighted by Crippen LogP contribution is 2.14. The fourth-order valence-corrected chi connectivity index (χ4v) is 3.14. The lowest BCUT2D eigenvalue weighted by molar-refractivity contribution is -0.129. The van der Waals surface area contributed by atoms with Gasteiger partial charge in [-0.2, -0.15) is 4.31 Å². The van der Waals surface area contributed by atoms with Crippen LogP contribution in [0.4, 0.5) is 4.79 Å². The van der Waals surface area contributed by atoms with Gasteiger partial charge in [-0.1, -0.05) is 17.7 Å². The molecule has 2 N–H and O–H groups in total. The second-order valence-electron chi connectivity index (χ2n) is 7.51. The molecule has 0 saturated carbocycles. The molecule has 162 valence electrons. The number of nitrogens with one attached hydrogen (secondary N) is 2. The van der Waals surface area contributed by atoms with Crippen molar-refractivity contribution >= 4 is 27.9 Å². The highest BCUT2D eigenvalue weighted by atomic mass is 32.2. The van der Waals surface area contributed by atoms with Gasteiger partial charge in [0.05, 0.1) is 11.4 Å². The summed E-state index contributed by atoms with van der Waals surface area (Å²) in [7, 11) is -1.22. The molecule has 0 spiro atoms. The number of likely N-dealkylation sites (N-methyl/N-ethyl adjacent to an activating group) is 2. The molecule has 0 unspecified atom stereocenters. The Labute approximate surface area is 171 Å². The molecule has 0 aromatic heterocycles. The summed E-state index contributed by atoms with van der Waals surface area (Å²) < 4.78 is 30.9. The number of sulfonamides is 1. The Morgan fingerprint density at radius 2 is 1.45 bits per heavy atom. The monoisotopic (exact) mass is 428 g/mol. The van der Waals surface area contributed by atoms with Gasteiger partial charge in [0.2, 0.25) is 10.0 Å². The van der Waals surface area contributed by atoms with E-state index in [1.54, 1.807) is 32.9 Å². The molecule has 1 rings (SSSR count). The number of hydrogen-bond donors (Lipinski definition) is 2. The van der Waals surface area contributed by atoms with Gasteiger partial charge in [-0.15, -0.1) is 0 Å². The van der Waals surface area contributed by atoms with E-state index in [4.69, 9.17) is 4.74 Å². The Bertz CT molecular complexity index is 846. The Kier molecular flexibility index (Phi) is 8.15. The fourth-order valence-electron chi connectivity index (χ4n) is 2.02. The molecule has 29 heavy (non-hydrogen) atoms. The summed E-state index contributed by atoms with van der Waals surface area (Å²) in [4.78, 5) is 36.7. The van der Waals surface area contributed by atoms with E-state index in [0.717, 1.165) is 14.8 Å². The zero-order valence-corrected chi connectivity index (χ0v) is 18.3. The average molecular weight is 429 g/mol. The third-order valence-electron chi connectivity index (χ3n) is 3.52. The van der Waals surface area contributed by atoms with Crippen LogP contribution in [0, 0.1) is 6.92 Å². The number of hydrazine groups is 1. The van der Waals surface area contributed by atoms with Crippen LogP contribution in [-0.4, -0.2) is 68.3 Å². The van der Waals surface area contributed by atoms with Gasteiger partial charge >= 0.3 is 6.09 Å². The molecular weight excluding hydrogens is 400 g/mol. The Balaban J connectivity index is 2.52. The molecule has 1 aromatic carbocycles. The first-order valence-electron chi connectivity index (χ1n) is 8.77. The number of hydrogen-bond acceptors (Lipinski definition) is 6. The van der Waals surface area contributed by atoms with Crippen molar-refractivity contribution in [2.75, 3.05) is 27.2 Å². The van der Waals surface area contributed by atoms with Crippen LogP contribution in [0.3, 0.4) is 0 Å². The smallest absolute Gasteiger partial charge is 0.410 e. The molecule has 0 aliphatic heterocycles. The predicted molar refractivity (Wildman–Crippen MR) is 106 cm³/mol. The number of carbonyl (C=O) groups excluding carboxylic acids is 3. The molecule has 11 heteroatoms. The van der Waals surface area contributed by atoms with Crippen LogP contribution in [0.5, 0.6) is 0 Å². The van der Waals surface area contributed by atoms with E-state index in [0.29, 0.717) is 0 Å². The molecular formula is C18H28N4O6S. The van der Waals surface area contributed by atoms with Gasteiger partial charge in [-0.25, -0.2) is 13.2 Å². The summed E-state index contributed by atoms with van der Waals surface area (Å²) in [5, 5.41) is 0. The van der Waals surface area contributed by atoms with Crippen molar-refractivity contribution < 1.29 is 27.5 Å². The third kappa shape index (κ3) is 8.08. The molecule has 0 atom stereocenters. The van der Waals surface area contributed by atoms with Crippen LogP contribution in [0.25, 0.3) is 0 Å². The van der Waals surface area contributed by atoms with Gasteiger partial charge < -0.3 is 9.64 Å². The van der Waals surface area contributed by atoms with Crippen molar-refractivity contribution in [3.05, 3.63) is 29.8 Å². The van der Waals surface area contributed by atoms with Crippen LogP contribution in [-0.2, 0) is 24.3 Å². The summed E-state index contributed by atoms with van der Waals surface area (Å²) >= 11 is 0. The summed E-state index contributed by atoms with van der Waals surface area (Å²) in [6.45, 7) is 6.06. The van der Waals surface area contributed by atoms with Gasteiger partial charge in [0.25, 0.3) is 11.8 Å². The van der Waals surface area contributed by atoms with Crippen LogP contribution < -0.4 is 10.9 Å². The molecule has 0 fully saturated rings. The minimum atomic E-state index is -3.85. The molecule has 1 aromatic rings. The summed E-state index contributed by atoms with van der Waals surface area (Å²) in [6, 6.07) is 6.21. The first kappa shape index (κ1) is 24.4. The van der Waals surface area contributed by atoms with Crippen LogP contribution in [0.1, 0.15) is 26.3 Å². The van der Waals surface area contributed by atoms with Crippen molar-refractivity contribution in [1.29, 1.82) is 0 Å². The number of nitrogens with zero attached hydrogens (tertiary/aromatic N) is 2. The zero-order chi connectivity index (χ0) is 22.4. The molecule has 0 aliphatic rings. The number of ether oxygens (including phenoxy) is 1. The maximum atomic E-state index is 12.5. The van der Waals surface area contributed by atoms with Crippen LogP contribution in [0.15, 0.2) is 29.2 Å². The summed E-state index contributed by atoms with van der Waals surface area (Å²) in [5.41, 5.74) is 4.44. The Hall–Kier alpha value is -2.66. The first-order valence-corrected chi connectivity index (χ1v) is 10.2. The minimum Gasteiger partial charge on any atom is -0.444 e. The first-order chi connectivity index (χ1) is 13.2. The van der Waals surface area contributed by atoms with Crippen molar-refractivity contribution in [2.24, 2.45) is 0 Å².